The minimum Gasteiger partial charge on any atom is -0.312 e. The lowest BCUT2D eigenvalue weighted by molar-refractivity contribution is 0.905. The molecule has 1 aromatic heterocycles. The van der Waals surface area contributed by atoms with E-state index in [0.29, 0.717) is 5.92 Å². The minimum atomic E-state index is 0.681. The molecule has 2 aliphatic rings. The van der Waals surface area contributed by atoms with Crippen molar-refractivity contribution >= 4 is 21.7 Å². The molecule has 1 saturated carbocycles. The molecule has 0 spiro atoms. The molecule has 0 radical (unpaired) electrons. The Labute approximate surface area is 147 Å². The first-order chi connectivity index (χ1) is 12.4. The molecule has 25 heavy (non-hydrogen) atoms. The van der Waals surface area contributed by atoms with Gasteiger partial charge in [0.1, 0.15) is 0 Å². The van der Waals surface area contributed by atoms with Gasteiger partial charge in [-0.05, 0) is 41.8 Å². The van der Waals surface area contributed by atoms with E-state index in [-0.39, 0.29) is 0 Å². The number of hydrogen-bond acceptors (Lipinski definition) is 0. The molecule has 1 fully saturated rings. The van der Waals surface area contributed by atoms with Crippen LogP contribution in [-0.2, 0) is 6.42 Å². The van der Waals surface area contributed by atoms with Crippen molar-refractivity contribution in [3.8, 4) is 5.69 Å². The van der Waals surface area contributed by atoms with Gasteiger partial charge in [-0.15, -0.1) is 0 Å². The molecule has 1 heteroatoms. The third-order valence-corrected chi connectivity index (χ3v) is 5.92. The molecule has 2 aliphatic carbocycles. The Balaban J connectivity index is 1.77. The van der Waals surface area contributed by atoms with Gasteiger partial charge in [0.25, 0.3) is 0 Å². The van der Waals surface area contributed by atoms with Crippen molar-refractivity contribution in [2.45, 2.75) is 18.8 Å². The first-order valence-electron chi connectivity index (χ1n) is 9.19. The summed E-state index contributed by atoms with van der Waals surface area (Å²) in [6, 6.07) is 24.4. The van der Waals surface area contributed by atoms with Crippen LogP contribution >= 0.6 is 0 Å². The standard InChI is InChI=1S/C24H19N/c1-2-10-18-16(7-1)8-6-14-22(18)25-23-13-4-3-11-19(23)20-12-5-9-17-15-21(17)24(20)25/h1-11,13-14,17,21H,12,15H2. The van der Waals surface area contributed by atoms with Crippen LogP contribution in [0.25, 0.3) is 27.4 Å². The highest BCUT2D eigenvalue weighted by Crippen LogP contribution is 2.53. The smallest absolute Gasteiger partial charge is 0.0537 e. The predicted molar refractivity (Wildman–Crippen MR) is 104 cm³/mol. The van der Waals surface area contributed by atoms with Gasteiger partial charge in [-0.1, -0.05) is 66.7 Å². The van der Waals surface area contributed by atoms with E-state index in [1.807, 2.05) is 0 Å². The zero-order valence-corrected chi connectivity index (χ0v) is 14.0. The molecule has 1 nitrogen and oxygen atoms in total. The van der Waals surface area contributed by atoms with Gasteiger partial charge in [0.2, 0.25) is 0 Å². The maximum absolute atomic E-state index is 2.56. The van der Waals surface area contributed by atoms with E-state index >= 15 is 0 Å². The van der Waals surface area contributed by atoms with Gasteiger partial charge < -0.3 is 4.57 Å². The summed E-state index contributed by atoms with van der Waals surface area (Å²) in [5.74, 6) is 1.42. The second-order valence-corrected chi connectivity index (χ2v) is 7.35. The molecule has 120 valence electrons. The highest BCUT2D eigenvalue weighted by molar-refractivity contribution is 5.95. The van der Waals surface area contributed by atoms with Crippen molar-refractivity contribution in [1.82, 2.24) is 4.57 Å². The van der Waals surface area contributed by atoms with E-state index in [1.165, 1.54) is 39.3 Å². The van der Waals surface area contributed by atoms with Crippen LogP contribution in [0.4, 0.5) is 0 Å². The number of aromatic nitrogens is 1. The zero-order valence-electron chi connectivity index (χ0n) is 14.0. The van der Waals surface area contributed by atoms with Crippen LogP contribution in [0.1, 0.15) is 23.6 Å². The van der Waals surface area contributed by atoms with Crippen LogP contribution in [0.3, 0.4) is 0 Å². The highest BCUT2D eigenvalue weighted by Gasteiger charge is 2.42. The molecule has 1 heterocycles. The molecule has 2 unspecified atom stereocenters. The van der Waals surface area contributed by atoms with Crippen LogP contribution in [0.5, 0.6) is 0 Å². The number of hydrogen-bond donors (Lipinski definition) is 0. The van der Waals surface area contributed by atoms with Crippen LogP contribution in [0.2, 0.25) is 0 Å². The average Bonchev–Trinajstić information content (AvgIpc) is 3.38. The Morgan fingerprint density at radius 3 is 2.56 bits per heavy atom. The fourth-order valence-electron chi connectivity index (χ4n) is 4.70. The lowest BCUT2D eigenvalue weighted by Gasteiger charge is -2.14. The van der Waals surface area contributed by atoms with Crippen molar-refractivity contribution in [2.75, 3.05) is 0 Å². The molecule has 0 N–H and O–H groups in total. The van der Waals surface area contributed by atoms with Gasteiger partial charge in [-0.3, -0.25) is 0 Å². The van der Waals surface area contributed by atoms with E-state index in [2.05, 4.69) is 83.4 Å². The lowest BCUT2D eigenvalue weighted by Crippen LogP contribution is -2.02. The van der Waals surface area contributed by atoms with Crippen LogP contribution in [0, 0.1) is 5.92 Å². The SMILES string of the molecule is C1=CC2CC2c2c(c3ccccc3n2-c2cccc3ccccc23)C1. The number of fused-ring (bicyclic) bond motifs is 6. The van der Waals surface area contributed by atoms with Crippen molar-refractivity contribution in [2.24, 2.45) is 5.92 Å². The summed E-state index contributed by atoms with van der Waals surface area (Å²) in [4.78, 5) is 0. The Morgan fingerprint density at radius 2 is 1.60 bits per heavy atom. The maximum Gasteiger partial charge on any atom is 0.0537 e. The second kappa shape index (κ2) is 4.86. The van der Waals surface area contributed by atoms with E-state index < -0.39 is 0 Å². The molecular weight excluding hydrogens is 302 g/mol. The van der Waals surface area contributed by atoms with E-state index in [4.69, 9.17) is 0 Å². The molecule has 0 aliphatic heterocycles. The van der Waals surface area contributed by atoms with Gasteiger partial charge in [0.05, 0.1) is 11.2 Å². The number of para-hydroxylation sites is 1. The van der Waals surface area contributed by atoms with Gasteiger partial charge in [-0.25, -0.2) is 0 Å². The minimum absolute atomic E-state index is 0.681. The van der Waals surface area contributed by atoms with Crippen molar-refractivity contribution in [1.29, 1.82) is 0 Å². The highest BCUT2D eigenvalue weighted by atomic mass is 15.0. The molecule has 4 aromatic rings. The fraction of sp³-hybridized carbons (Fsp3) is 0.167. The monoisotopic (exact) mass is 321 g/mol. The summed E-state index contributed by atoms with van der Waals surface area (Å²) in [5.41, 5.74) is 5.75. The van der Waals surface area contributed by atoms with E-state index in [9.17, 15) is 0 Å². The van der Waals surface area contributed by atoms with E-state index in [0.717, 1.165) is 12.3 Å². The van der Waals surface area contributed by atoms with Crippen molar-refractivity contribution in [3.05, 3.63) is 90.1 Å². The summed E-state index contributed by atoms with van der Waals surface area (Å²) in [6.45, 7) is 0. The summed E-state index contributed by atoms with van der Waals surface area (Å²) in [5, 5.41) is 4.07. The number of allylic oxidation sites excluding steroid dienone is 2. The largest absolute Gasteiger partial charge is 0.312 e. The third kappa shape index (κ3) is 1.84. The molecule has 3 aromatic carbocycles. The van der Waals surface area contributed by atoms with Crippen LogP contribution < -0.4 is 0 Å². The average molecular weight is 321 g/mol. The summed E-state index contributed by atoms with van der Waals surface area (Å²) in [7, 11) is 0. The Morgan fingerprint density at radius 1 is 0.800 bits per heavy atom. The van der Waals surface area contributed by atoms with Gasteiger partial charge >= 0.3 is 0 Å². The zero-order chi connectivity index (χ0) is 16.4. The third-order valence-electron chi connectivity index (χ3n) is 5.92. The Bertz CT molecular complexity index is 1160. The van der Waals surface area contributed by atoms with Crippen LogP contribution in [-0.4, -0.2) is 4.57 Å². The molecule has 0 amide bonds. The first kappa shape index (κ1) is 13.5. The fourth-order valence-corrected chi connectivity index (χ4v) is 4.70. The molecule has 0 saturated heterocycles. The molecule has 6 rings (SSSR count). The predicted octanol–water partition coefficient (Wildman–Crippen LogP) is 6.00. The molecule has 0 bridgehead atoms. The summed E-state index contributed by atoms with van der Waals surface area (Å²) < 4.78 is 2.56. The molecule has 2 atom stereocenters. The van der Waals surface area contributed by atoms with Gasteiger partial charge in [-0.2, -0.15) is 0 Å². The number of rotatable bonds is 1. The van der Waals surface area contributed by atoms with Gasteiger partial charge in [0.15, 0.2) is 0 Å². The Kier molecular flexibility index (Phi) is 2.62. The number of benzene rings is 3. The summed E-state index contributed by atoms with van der Waals surface area (Å²) in [6.07, 6.45) is 7.18. The lowest BCUT2D eigenvalue weighted by atomic mass is 10.1. The van der Waals surface area contributed by atoms with Crippen molar-refractivity contribution < 1.29 is 0 Å². The first-order valence-corrected chi connectivity index (χ1v) is 9.19. The summed E-state index contributed by atoms with van der Waals surface area (Å²) >= 11 is 0. The van der Waals surface area contributed by atoms with E-state index in [1.54, 1.807) is 5.69 Å². The van der Waals surface area contributed by atoms with Crippen LogP contribution in [0.15, 0.2) is 78.9 Å². The quantitative estimate of drug-likeness (QED) is 0.379. The number of nitrogens with zero attached hydrogens (tertiary/aromatic N) is 1. The molecular formula is C24H19N. The van der Waals surface area contributed by atoms with Gasteiger partial charge in [0, 0.05) is 22.4 Å². The normalized spacial score (nSPS) is 21.1. The second-order valence-electron chi connectivity index (χ2n) is 7.35. The Hall–Kier alpha value is -2.80. The maximum atomic E-state index is 2.56. The topological polar surface area (TPSA) is 4.93 Å². The van der Waals surface area contributed by atoms with Crippen molar-refractivity contribution in [3.63, 3.8) is 0 Å².